The van der Waals surface area contributed by atoms with E-state index in [2.05, 4.69) is 5.32 Å². The predicted molar refractivity (Wildman–Crippen MR) is 71.3 cm³/mol. The predicted octanol–water partition coefficient (Wildman–Crippen LogP) is 1.62. The molecule has 0 aliphatic heterocycles. The highest BCUT2D eigenvalue weighted by atomic mass is 16.3. The van der Waals surface area contributed by atoms with Crippen molar-refractivity contribution in [2.75, 3.05) is 5.32 Å². The minimum absolute atomic E-state index is 0.126. The Hall–Kier alpha value is -1.88. The Morgan fingerprint density at radius 2 is 1.89 bits per heavy atom. The van der Waals surface area contributed by atoms with Crippen LogP contribution in [-0.2, 0) is 9.59 Å². The van der Waals surface area contributed by atoms with Gasteiger partial charge in [-0.3, -0.25) is 9.59 Å². The van der Waals surface area contributed by atoms with Gasteiger partial charge in [-0.1, -0.05) is 32.0 Å². The number of hydrogen-bond acceptors (Lipinski definition) is 3. The summed E-state index contributed by atoms with van der Waals surface area (Å²) in [7, 11) is 0. The highest BCUT2D eigenvalue weighted by Crippen LogP contribution is 2.13. The summed E-state index contributed by atoms with van der Waals surface area (Å²) in [6.07, 6.45) is 0. The van der Waals surface area contributed by atoms with Crippen LogP contribution in [0.25, 0.3) is 0 Å². The van der Waals surface area contributed by atoms with Gasteiger partial charge < -0.3 is 16.2 Å². The lowest BCUT2D eigenvalue weighted by molar-refractivity contribution is -0.123. The number of nitrogens with one attached hydrogen (secondary N) is 1. The molecule has 1 rings (SSSR count). The standard InChI is InChI=1S/C12H18N2O.CH2O2/c1-8(2)11(13)12(15)14-10-7-5-4-6-9(10)3;2-1-3/h4-8,11H,13H2,1-3H3,(H,14,15);1H,(H,2,3)/t11-;/m1./s1. The van der Waals surface area contributed by atoms with Crippen molar-refractivity contribution in [3.05, 3.63) is 29.8 Å². The monoisotopic (exact) mass is 252 g/mol. The molecular weight excluding hydrogens is 232 g/mol. The Balaban J connectivity index is 0.000000873. The van der Waals surface area contributed by atoms with E-state index < -0.39 is 6.04 Å². The molecule has 5 nitrogen and oxygen atoms in total. The van der Waals surface area contributed by atoms with Gasteiger partial charge in [0.05, 0.1) is 6.04 Å². The molecule has 0 aliphatic carbocycles. The van der Waals surface area contributed by atoms with Gasteiger partial charge in [-0.15, -0.1) is 0 Å². The molecule has 0 aliphatic rings. The third-order valence-electron chi connectivity index (χ3n) is 2.42. The summed E-state index contributed by atoms with van der Waals surface area (Å²) in [5.74, 6) is 0.0216. The van der Waals surface area contributed by atoms with Crippen molar-refractivity contribution in [1.82, 2.24) is 0 Å². The molecule has 0 aromatic heterocycles. The molecule has 0 fully saturated rings. The van der Waals surface area contributed by atoms with Gasteiger partial charge in [0.1, 0.15) is 0 Å². The lowest BCUT2D eigenvalue weighted by Crippen LogP contribution is -2.39. The third kappa shape index (κ3) is 5.45. The van der Waals surface area contributed by atoms with Crippen molar-refractivity contribution in [2.24, 2.45) is 11.7 Å². The van der Waals surface area contributed by atoms with Crippen molar-refractivity contribution in [2.45, 2.75) is 26.8 Å². The molecule has 18 heavy (non-hydrogen) atoms. The van der Waals surface area contributed by atoms with Gasteiger partial charge >= 0.3 is 0 Å². The van der Waals surface area contributed by atoms with E-state index in [4.69, 9.17) is 15.6 Å². The largest absolute Gasteiger partial charge is 0.483 e. The van der Waals surface area contributed by atoms with Crippen molar-refractivity contribution in [3.8, 4) is 0 Å². The van der Waals surface area contributed by atoms with Gasteiger partial charge in [0, 0.05) is 5.69 Å². The number of aryl methyl sites for hydroxylation is 1. The van der Waals surface area contributed by atoms with Crippen molar-refractivity contribution in [3.63, 3.8) is 0 Å². The zero-order chi connectivity index (χ0) is 14.1. The minimum Gasteiger partial charge on any atom is -0.483 e. The number of anilines is 1. The van der Waals surface area contributed by atoms with Crippen LogP contribution in [0.4, 0.5) is 5.69 Å². The maximum Gasteiger partial charge on any atom is 0.290 e. The van der Waals surface area contributed by atoms with E-state index in [0.29, 0.717) is 0 Å². The normalized spacial score (nSPS) is 11.2. The van der Waals surface area contributed by atoms with Crippen molar-refractivity contribution >= 4 is 18.1 Å². The zero-order valence-corrected chi connectivity index (χ0v) is 10.9. The Bertz CT molecular complexity index is 392. The maximum absolute atomic E-state index is 11.7. The number of para-hydroxylation sites is 1. The van der Waals surface area contributed by atoms with E-state index >= 15 is 0 Å². The average molecular weight is 252 g/mol. The number of hydrogen-bond donors (Lipinski definition) is 3. The van der Waals surface area contributed by atoms with Crippen LogP contribution >= 0.6 is 0 Å². The van der Waals surface area contributed by atoms with E-state index in [0.717, 1.165) is 11.3 Å². The van der Waals surface area contributed by atoms with Gasteiger partial charge in [0.2, 0.25) is 5.91 Å². The van der Waals surface area contributed by atoms with Crippen LogP contribution in [0.3, 0.4) is 0 Å². The molecule has 0 saturated carbocycles. The number of carbonyl (C=O) groups is 2. The molecule has 1 aromatic carbocycles. The molecule has 0 bridgehead atoms. The molecule has 100 valence electrons. The third-order valence-corrected chi connectivity index (χ3v) is 2.42. The Morgan fingerprint density at radius 3 is 2.33 bits per heavy atom. The minimum atomic E-state index is -0.454. The highest BCUT2D eigenvalue weighted by Gasteiger charge is 2.17. The number of rotatable bonds is 3. The summed E-state index contributed by atoms with van der Waals surface area (Å²) >= 11 is 0. The summed E-state index contributed by atoms with van der Waals surface area (Å²) in [6.45, 7) is 5.57. The fourth-order valence-corrected chi connectivity index (χ4v) is 1.23. The molecule has 1 atom stereocenters. The number of benzene rings is 1. The fourth-order valence-electron chi connectivity index (χ4n) is 1.23. The number of nitrogens with two attached hydrogens (primary N) is 1. The second kappa shape index (κ2) is 8.25. The molecule has 0 unspecified atom stereocenters. The summed E-state index contributed by atoms with van der Waals surface area (Å²) in [5.41, 5.74) is 7.62. The first-order chi connectivity index (χ1) is 8.43. The van der Waals surface area contributed by atoms with Crippen LogP contribution in [0.2, 0.25) is 0 Å². The van der Waals surface area contributed by atoms with Crippen LogP contribution < -0.4 is 11.1 Å². The number of carbonyl (C=O) groups excluding carboxylic acids is 1. The van der Waals surface area contributed by atoms with Crippen LogP contribution in [-0.4, -0.2) is 23.5 Å². The lowest BCUT2D eigenvalue weighted by atomic mass is 10.0. The average Bonchev–Trinajstić information content (AvgIpc) is 2.32. The van der Waals surface area contributed by atoms with Crippen LogP contribution in [0.1, 0.15) is 19.4 Å². The van der Waals surface area contributed by atoms with E-state index in [-0.39, 0.29) is 18.3 Å². The van der Waals surface area contributed by atoms with Crippen LogP contribution in [0.5, 0.6) is 0 Å². The first kappa shape index (κ1) is 16.1. The Kier molecular flexibility index (Phi) is 7.38. The van der Waals surface area contributed by atoms with Gasteiger partial charge in [0.15, 0.2) is 0 Å². The summed E-state index contributed by atoms with van der Waals surface area (Å²) in [6, 6.07) is 7.21. The second-order valence-electron chi connectivity index (χ2n) is 4.18. The SMILES string of the molecule is Cc1ccccc1NC(=O)[C@H](N)C(C)C.O=CO. The van der Waals surface area contributed by atoms with Gasteiger partial charge in [-0.2, -0.15) is 0 Å². The summed E-state index contributed by atoms with van der Waals surface area (Å²) < 4.78 is 0. The molecular formula is C13H20N2O3. The summed E-state index contributed by atoms with van der Waals surface area (Å²) in [4.78, 5) is 20.0. The van der Waals surface area contributed by atoms with E-state index in [1.807, 2.05) is 45.0 Å². The van der Waals surface area contributed by atoms with Crippen LogP contribution in [0.15, 0.2) is 24.3 Å². The van der Waals surface area contributed by atoms with E-state index in [1.54, 1.807) is 0 Å². The lowest BCUT2D eigenvalue weighted by Gasteiger charge is -2.16. The number of amides is 1. The molecule has 5 heteroatoms. The first-order valence-corrected chi connectivity index (χ1v) is 5.64. The molecule has 0 radical (unpaired) electrons. The highest BCUT2D eigenvalue weighted by molar-refractivity contribution is 5.95. The van der Waals surface area contributed by atoms with Crippen molar-refractivity contribution < 1.29 is 14.7 Å². The van der Waals surface area contributed by atoms with Crippen LogP contribution in [0, 0.1) is 12.8 Å². The number of carboxylic acid groups (broad SMARTS) is 1. The van der Waals surface area contributed by atoms with Gasteiger partial charge in [-0.25, -0.2) is 0 Å². The van der Waals surface area contributed by atoms with E-state index in [1.165, 1.54) is 0 Å². The maximum atomic E-state index is 11.7. The zero-order valence-electron chi connectivity index (χ0n) is 10.9. The molecule has 0 heterocycles. The van der Waals surface area contributed by atoms with E-state index in [9.17, 15) is 4.79 Å². The van der Waals surface area contributed by atoms with Gasteiger partial charge in [-0.05, 0) is 24.5 Å². The molecule has 0 saturated heterocycles. The quantitative estimate of drug-likeness (QED) is 0.713. The molecule has 4 N–H and O–H groups in total. The molecule has 1 amide bonds. The van der Waals surface area contributed by atoms with Crippen molar-refractivity contribution in [1.29, 1.82) is 0 Å². The summed E-state index contributed by atoms with van der Waals surface area (Å²) in [5, 5.41) is 9.72. The smallest absolute Gasteiger partial charge is 0.290 e. The molecule has 1 aromatic rings. The Labute approximate surface area is 107 Å². The fraction of sp³-hybridized carbons (Fsp3) is 0.385. The van der Waals surface area contributed by atoms with Gasteiger partial charge in [0.25, 0.3) is 6.47 Å². The Morgan fingerprint density at radius 1 is 1.39 bits per heavy atom. The second-order valence-corrected chi connectivity index (χ2v) is 4.18. The molecule has 0 spiro atoms. The first-order valence-electron chi connectivity index (χ1n) is 5.64. The topological polar surface area (TPSA) is 92.4 Å².